The predicted octanol–water partition coefficient (Wildman–Crippen LogP) is 5.02. The van der Waals surface area contributed by atoms with Crippen molar-refractivity contribution in [1.29, 1.82) is 0 Å². The van der Waals surface area contributed by atoms with Gasteiger partial charge in [0.15, 0.2) is 0 Å². The first kappa shape index (κ1) is 21.1. The lowest BCUT2D eigenvalue weighted by Crippen LogP contribution is -2.30. The molecule has 4 nitrogen and oxygen atoms in total. The van der Waals surface area contributed by atoms with E-state index >= 15 is 0 Å². The maximum absolute atomic E-state index is 13.7. The van der Waals surface area contributed by atoms with Crippen LogP contribution in [0.25, 0.3) is 11.1 Å². The maximum atomic E-state index is 13.7. The number of aliphatic hydroxyl groups is 1. The lowest BCUT2D eigenvalue weighted by molar-refractivity contribution is 0.0931. The van der Waals surface area contributed by atoms with E-state index in [1.807, 2.05) is 0 Å². The highest BCUT2D eigenvalue weighted by molar-refractivity contribution is 5.96. The van der Waals surface area contributed by atoms with Gasteiger partial charge in [0.2, 0.25) is 5.95 Å². The van der Waals surface area contributed by atoms with Crippen LogP contribution in [0, 0.1) is 31.5 Å². The van der Waals surface area contributed by atoms with Crippen molar-refractivity contribution >= 4 is 5.91 Å². The third-order valence-corrected chi connectivity index (χ3v) is 5.75. The standard InChI is InChI=1S/C25H24F2N2O2/c1-14-8-23(27)28-12-21(14)19-9-16(13-30)10-20(11-19)25(31)29-24(17-3-4-17)18-5-6-22(26)15(2)7-18/h5-12,17,24,30H,3-4,13H2,1-2H3,(H,29,31)/t24-/m0/s1. The number of halogens is 2. The highest BCUT2D eigenvalue weighted by atomic mass is 19.1. The van der Waals surface area contributed by atoms with E-state index in [2.05, 4.69) is 10.3 Å². The molecule has 1 atom stereocenters. The zero-order valence-corrected chi connectivity index (χ0v) is 17.5. The fourth-order valence-corrected chi connectivity index (χ4v) is 3.88. The minimum atomic E-state index is -0.570. The molecule has 1 aliphatic carbocycles. The van der Waals surface area contributed by atoms with Gasteiger partial charge in [-0.15, -0.1) is 0 Å². The summed E-state index contributed by atoms with van der Waals surface area (Å²) in [6.45, 7) is 3.25. The van der Waals surface area contributed by atoms with Gasteiger partial charge in [-0.2, -0.15) is 4.39 Å². The van der Waals surface area contributed by atoms with Gasteiger partial charge in [0.25, 0.3) is 5.91 Å². The Morgan fingerprint density at radius 2 is 1.90 bits per heavy atom. The Labute approximate surface area is 180 Å². The minimum absolute atomic E-state index is 0.206. The van der Waals surface area contributed by atoms with Crippen molar-refractivity contribution in [2.75, 3.05) is 0 Å². The molecule has 1 fully saturated rings. The number of benzene rings is 2. The molecule has 2 aromatic carbocycles. The molecule has 6 heteroatoms. The molecule has 31 heavy (non-hydrogen) atoms. The van der Waals surface area contributed by atoms with E-state index < -0.39 is 5.95 Å². The topological polar surface area (TPSA) is 62.2 Å². The van der Waals surface area contributed by atoms with E-state index in [0.29, 0.717) is 39.3 Å². The van der Waals surface area contributed by atoms with Crippen LogP contribution < -0.4 is 5.32 Å². The molecule has 1 saturated carbocycles. The van der Waals surface area contributed by atoms with Crippen LogP contribution in [0.5, 0.6) is 0 Å². The molecule has 1 aliphatic rings. The van der Waals surface area contributed by atoms with E-state index in [-0.39, 0.29) is 24.4 Å². The van der Waals surface area contributed by atoms with E-state index in [4.69, 9.17) is 0 Å². The Kier molecular flexibility index (Phi) is 5.83. The summed E-state index contributed by atoms with van der Waals surface area (Å²) >= 11 is 0. The lowest BCUT2D eigenvalue weighted by atomic mass is 9.96. The Morgan fingerprint density at radius 1 is 1.13 bits per heavy atom. The van der Waals surface area contributed by atoms with E-state index in [0.717, 1.165) is 18.4 Å². The smallest absolute Gasteiger partial charge is 0.251 e. The van der Waals surface area contributed by atoms with E-state index in [1.165, 1.54) is 18.3 Å². The number of aryl methyl sites for hydroxylation is 2. The molecule has 0 spiro atoms. The summed E-state index contributed by atoms with van der Waals surface area (Å²) in [7, 11) is 0. The van der Waals surface area contributed by atoms with Crippen LogP contribution >= 0.6 is 0 Å². The average molecular weight is 422 g/mol. The summed E-state index contributed by atoms with van der Waals surface area (Å²) < 4.78 is 27.1. The second-order valence-corrected chi connectivity index (χ2v) is 8.20. The second kappa shape index (κ2) is 8.55. The van der Waals surface area contributed by atoms with Crippen LogP contribution in [0.2, 0.25) is 0 Å². The number of amides is 1. The van der Waals surface area contributed by atoms with Crippen molar-refractivity contribution in [2.45, 2.75) is 39.3 Å². The summed E-state index contributed by atoms with van der Waals surface area (Å²) in [4.78, 5) is 16.9. The zero-order chi connectivity index (χ0) is 22.1. The van der Waals surface area contributed by atoms with Gasteiger partial charge in [-0.3, -0.25) is 4.79 Å². The first-order chi connectivity index (χ1) is 14.9. The third kappa shape index (κ3) is 4.64. The molecule has 2 N–H and O–H groups in total. The number of nitrogens with zero attached hydrogens (tertiary/aromatic N) is 1. The van der Waals surface area contributed by atoms with E-state index in [9.17, 15) is 18.7 Å². The molecule has 0 radical (unpaired) electrons. The van der Waals surface area contributed by atoms with Gasteiger partial charge < -0.3 is 10.4 Å². The normalized spacial score (nSPS) is 14.4. The quantitative estimate of drug-likeness (QED) is 0.549. The number of aromatic nitrogens is 1. The molecule has 3 aromatic rings. The minimum Gasteiger partial charge on any atom is -0.392 e. The SMILES string of the molecule is Cc1cc([C@@H](NC(=O)c2cc(CO)cc(-c3cnc(F)cc3C)c2)C2CC2)ccc1F. The summed E-state index contributed by atoms with van der Waals surface area (Å²) in [6, 6.07) is 11.2. The number of hydrogen-bond donors (Lipinski definition) is 2. The number of nitrogens with one attached hydrogen (secondary N) is 1. The van der Waals surface area contributed by atoms with Gasteiger partial charge in [0, 0.05) is 17.3 Å². The fourth-order valence-electron chi connectivity index (χ4n) is 3.88. The molecule has 1 aromatic heterocycles. The highest BCUT2D eigenvalue weighted by Gasteiger charge is 2.34. The largest absolute Gasteiger partial charge is 0.392 e. The molecular formula is C25H24F2N2O2. The molecule has 160 valence electrons. The van der Waals surface area contributed by atoms with E-state index in [1.54, 1.807) is 44.2 Å². The van der Waals surface area contributed by atoms with Crippen LogP contribution in [-0.2, 0) is 6.61 Å². The zero-order valence-electron chi connectivity index (χ0n) is 17.5. The molecule has 1 heterocycles. The Morgan fingerprint density at radius 3 is 2.55 bits per heavy atom. The molecule has 4 rings (SSSR count). The van der Waals surface area contributed by atoms with Crippen LogP contribution in [0.3, 0.4) is 0 Å². The third-order valence-electron chi connectivity index (χ3n) is 5.75. The molecule has 1 amide bonds. The van der Waals surface area contributed by atoms with Gasteiger partial charge in [-0.05, 0) is 90.8 Å². The number of pyridine rings is 1. The van der Waals surface area contributed by atoms with Gasteiger partial charge in [-0.1, -0.05) is 12.1 Å². The molecule has 0 unspecified atom stereocenters. The summed E-state index contributed by atoms with van der Waals surface area (Å²) in [5, 5.41) is 12.8. The van der Waals surface area contributed by atoms with Gasteiger partial charge in [0.1, 0.15) is 5.82 Å². The van der Waals surface area contributed by atoms with Crippen molar-refractivity contribution < 1.29 is 18.7 Å². The van der Waals surface area contributed by atoms with Gasteiger partial charge in [-0.25, -0.2) is 9.37 Å². The van der Waals surface area contributed by atoms with Crippen LogP contribution in [0.1, 0.15) is 51.5 Å². The predicted molar refractivity (Wildman–Crippen MR) is 114 cm³/mol. The number of hydrogen-bond acceptors (Lipinski definition) is 3. The van der Waals surface area contributed by atoms with Gasteiger partial charge >= 0.3 is 0 Å². The van der Waals surface area contributed by atoms with Gasteiger partial charge in [0.05, 0.1) is 12.6 Å². The molecule has 0 aliphatic heterocycles. The summed E-state index contributed by atoms with van der Waals surface area (Å²) in [5.74, 6) is -0.798. The number of aliphatic hydroxyl groups excluding tert-OH is 1. The lowest BCUT2D eigenvalue weighted by Gasteiger charge is -2.20. The molecule has 0 saturated heterocycles. The second-order valence-electron chi connectivity index (χ2n) is 8.20. The van der Waals surface area contributed by atoms with Crippen molar-refractivity contribution in [3.8, 4) is 11.1 Å². The summed E-state index contributed by atoms with van der Waals surface area (Å²) in [5.41, 5.74) is 4.46. The van der Waals surface area contributed by atoms with Crippen molar-refractivity contribution in [3.05, 3.63) is 88.2 Å². The highest BCUT2D eigenvalue weighted by Crippen LogP contribution is 2.41. The van der Waals surface area contributed by atoms with Crippen molar-refractivity contribution in [1.82, 2.24) is 10.3 Å². The average Bonchev–Trinajstić information content (AvgIpc) is 3.58. The summed E-state index contributed by atoms with van der Waals surface area (Å²) in [6.07, 6.45) is 3.44. The Bertz CT molecular complexity index is 1140. The monoisotopic (exact) mass is 422 g/mol. The van der Waals surface area contributed by atoms with Crippen LogP contribution in [-0.4, -0.2) is 16.0 Å². The Hall–Kier alpha value is -3.12. The van der Waals surface area contributed by atoms with Crippen molar-refractivity contribution in [2.24, 2.45) is 5.92 Å². The number of rotatable bonds is 6. The van der Waals surface area contributed by atoms with Crippen LogP contribution in [0.15, 0.2) is 48.7 Å². The fraction of sp³-hybridized carbons (Fsp3) is 0.280. The molecule has 0 bridgehead atoms. The molecular weight excluding hydrogens is 398 g/mol. The number of carbonyl (C=O) groups is 1. The maximum Gasteiger partial charge on any atom is 0.251 e. The first-order valence-electron chi connectivity index (χ1n) is 10.3. The number of carbonyl (C=O) groups excluding carboxylic acids is 1. The first-order valence-corrected chi connectivity index (χ1v) is 10.3. The van der Waals surface area contributed by atoms with Crippen LogP contribution in [0.4, 0.5) is 8.78 Å². The Balaban J connectivity index is 1.66. The van der Waals surface area contributed by atoms with Crippen molar-refractivity contribution in [3.63, 3.8) is 0 Å².